The molecule has 18 heavy (non-hydrogen) atoms. The molecule has 1 aliphatic rings. The molecule has 0 bridgehead atoms. The molecular formula is C15H16O3. The first-order valence-electron chi connectivity index (χ1n) is 6.27. The number of carbonyl (C=O) groups is 1. The molecule has 0 radical (unpaired) electrons. The van der Waals surface area contributed by atoms with Gasteiger partial charge < -0.3 is 9.15 Å². The van der Waals surface area contributed by atoms with Crippen LogP contribution in [0.3, 0.4) is 0 Å². The average Bonchev–Trinajstić information content (AvgIpc) is 3.08. The van der Waals surface area contributed by atoms with Crippen LogP contribution >= 0.6 is 0 Å². The van der Waals surface area contributed by atoms with E-state index in [-0.39, 0.29) is 11.9 Å². The zero-order valence-electron chi connectivity index (χ0n) is 10.6. The zero-order valence-corrected chi connectivity index (χ0v) is 10.6. The normalized spacial score (nSPS) is 17.0. The molecule has 94 valence electrons. The van der Waals surface area contributed by atoms with Gasteiger partial charge >= 0.3 is 0 Å². The molecule has 1 saturated carbocycles. The second-order valence-electron chi connectivity index (χ2n) is 4.96. The largest absolute Gasteiger partial charge is 0.453 e. The third-order valence-electron chi connectivity index (χ3n) is 3.55. The van der Waals surface area contributed by atoms with E-state index in [4.69, 9.17) is 9.15 Å². The summed E-state index contributed by atoms with van der Waals surface area (Å²) in [6.07, 6.45) is 1.80. The summed E-state index contributed by atoms with van der Waals surface area (Å²) in [5, 5.41) is 0.976. The number of furan rings is 1. The van der Waals surface area contributed by atoms with Gasteiger partial charge in [0.1, 0.15) is 11.7 Å². The van der Waals surface area contributed by atoms with Crippen molar-refractivity contribution in [2.75, 3.05) is 7.11 Å². The number of carbonyl (C=O) groups excluding carboxylic acids is 1. The summed E-state index contributed by atoms with van der Waals surface area (Å²) in [6.45, 7) is 1.98. The van der Waals surface area contributed by atoms with Crippen LogP contribution in [-0.4, -0.2) is 19.0 Å². The summed E-state index contributed by atoms with van der Waals surface area (Å²) in [5.74, 6) is 0.755. The summed E-state index contributed by atoms with van der Waals surface area (Å²) in [7, 11) is 1.59. The van der Waals surface area contributed by atoms with Gasteiger partial charge in [0.15, 0.2) is 5.76 Å². The zero-order chi connectivity index (χ0) is 12.7. The maximum atomic E-state index is 12.3. The van der Waals surface area contributed by atoms with Gasteiger partial charge in [-0.25, -0.2) is 0 Å². The Morgan fingerprint density at radius 2 is 2.22 bits per heavy atom. The number of aryl methyl sites for hydroxylation is 1. The van der Waals surface area contributed by atoms with Crippen molar-refractivity contribution in [1.82, 2.24) is 0 Å². The van der Waals surface area contributed by atoms with Crippen LogP contribution in [0.1, 0.15) is 29.0 Å². The molecule has 0 spiro atoms. The Balaban J connectivity index is 1.98. The monoisotopic (exact) mass is 244 g/mol. The van der Waals surface area contributed by atoms with E-state index in [0.717, 1.165) is 29.4 Å². The highest BCUT2D eigenvalue weighted by Gasteiger charge is 2.38. The van der Waals surface area contributed by atoms with Gasteiger partial charge in [0.05, 0.1) is 0 Å². The Morgan fingerprint density at radius 1 is 1.44 bits per heavy atom. The van der Waals surface area contributed by atoms with Gasteiger partial charge in [-0.15, -0.1) is 0 Å². The van der Waals surface area contributed by atoms with Crippen molar-refractivity contribution in [3.8, 4) is 0 Å². The summed E-state index contributed by atoms with van der Waals surface area (Å²) in [4.78, 5) is 12.3. The molecule has 1 aromatic heterocycles. The van der Waals surface area contributed by atoms with Gasteiger partial charge in [0.25, 0.3) is 0 Å². The Hall–Kier alpha value is -1.61. The van der Waals surface area contributed by atoms with Crippen LogP contribution in [0.5, 0.6) is 0 Å². The van der Waals surface area contributed by atoms with E-state index in [1.54, 1.807) is 7.11 Å². The molecule has 1 aromatic carbocycles. The second-order valence-corrected chi connectivity index (χ2v) is 4.96. The number of hydrogen-bond donors (Lipinski definition) is 0. The number of ether oxygens (including phenoxy) is 1. The van der Waals surface area contributed by atoms with Crippen molar-refractivity contribution in [3.63, 3.8) is 0 Å². The topological polar surface area (TPSA) is 39.4 Å². The lowest BCUT2D eigenvalue weighted by Gasteiger charge is -2.10. The smallest absolute Gasteiger partial charge is 0.226 e. The van der Waals surface area contributed by atoms with Crippen molar-refractivity contribution in [2.24, 2.45) is 5.92 Å². The van der Waals surface area contributed by atoms with Crippen LogP contribution in [0, 0.1) is 12.8 Å². The second kappa shape index (κ2) is 4.25. The molecule has 1 fully saturated rings. The SMILES string of the molecule is COC(C(=O)c1cc2cccc(C)c2o1)C1CC1. The van der Waals surface area contributed by atoms with E-state index < -0.39 is 0 Å². The van der Waals surface area contributed by atoms with Crippen molar-refractivity contribution in [3.05, 3.63) is 35.6 Å². The van der Waals surface area contributed by atoms with Crippen LogP contribution in [0.4, 0.5) is 0 Å². The summed E-state index contributed by atoms with van der Waals surface area (Å²) >= 11 is 0. The third kappa shape index (κ3) is 1.85. The minimum atomic E-state index is -0.342. The standard InChI is InChI=1S/C15H16O3/c1-9-4-3-5-11-8-12(18-14(9)11)13(16)15(17-2)10-6-7-10/h3-5,8,10,15H,6-7H2,1-2H3. The summed E-state index contributed by atoms with van der Waals surface area (Å²) in [6, 6.07) is 7.73. The van der Waals surface area contributed by atoms with Gasteiger partial charge in [-0.2, -0.15) is 0 Å². The van der Waals surface area contributed by atoms with E-state index in [1.807, 2.05) is 31.2 Å². The molecule has 2 aromatic rings. The van der Waals surface area contributed by atoms with E-state index in [2.05, 4.69) is 0 Å². The molecule has 1 unspecified atom stereocenters. The maximum Gasteiger partial charge on any atom is 0.226 e. The number of para-hydroxylation sites is 1. The molecule has 3 nitrogen and oxygen atoms in total. The lowest BCUT2D eigenvalue weighted by molar-refractivity contribution is 0.0515. The quantitative estimate of drug-likeness (QED) is 0.774. The Morgan fingerprint density at radius 3 is 2.83 bits per heavy atom. The highest BCUT2D eigenvalue weighted by atomic mass is 16.5. The van der Waals surface area contributed by atoms with Crippen molar-refractivity contribution >= 4 is 16.8 Å². The Labute approximate surface area is 106 Å². The number of fused-ring (bicyclic) bond motifs is 1. The van der Waals surface area contributed by atoms with E-state index in [9.17, 15) is 4.79 Å². The molecule has 1 atom stereocenters. The molecule has 0 saturated heterocycles. The fourth-order valence-electron chi connectivity index (χ4n) is 2.38. The molecule has 1 heterocycles. The number of benzene rings is 1. The van der Waals surface area contributed by atoms with Crippen molar-refractivity contribution < 1.29 is 13.9 Å². The molecule has 0 N–H and O–H groups in total. The number of methoxy groups -OCH3 is 1. The third-order valence-corrected chi connectivity index (χ3v) is 3.55. The van der Waals surface area contributed by atoms with Crippen LogP contribution in [-0.2, 0) is 4.74 Å². The van der Waals surface area contributed by atoms with Crippen LogP contribution < -0.4 is 0 Å². The van der Waals surface area contributed by atoms with E-state index in [1.165, 1.54) is 0 Å². The number of Topliss-reactive ketones (excluding diaryl/α,β-unsaturated/α-hetero) is 1. The Kier molecular flexibility index (Phi) is 2.71. The highest BCUT2D eigenvalue weighted by Crippen LogP contribution is 2.36. The molecule has 1 aliphatic carbocycles. The Bertz CT molecular complexity index is 593. The first-order chi connectivity index (χ1) is 8.70. The van der Waals surface area contributed by atoms with Crippen LogP contribution in [0.2, 0.25) is 0 Å². The average molecular weight is 244 g/mol. The van der Waals surface area contributed by atoms with Gasteiger partial charge in [0.2, 0.25) is 5.78 Å². The lowest BCUT2D eigenvalue weighted by Crippen LogP contribution is -2.24. The molecule has 3 rings (SSSR count). The van der Waals surface area contributed by atoms with Gasteiger partial charge in [0, 0.05) is 12.5 Å². The van der Waals surface area contributed by atoms with Crippen molar-refractivity contribution in [1.29, 1.82) is 0 Å². The lowest BCUT2D eigenvalue weighted by atomic mass is 10.1. The fourth-order valence-corrected chi connectivity index (χ4v) is 2.38. The minimum Gasteiger partial charge on any atom is -0.453 e. The number of ketones is 1. The summed E-state index contributed by atoms with van der Waals surface area (Å²) < 4.78 is 11.0. The minimum absolute atomic E-state index is 0.0319. The highest BCUT2D eigenvalue weighted by molar-refractivity contribution is 6.01. The van der Waals surface area contributed by atoms with E-state index >= 15 is 0 Å². The first-order valence-corrected chi connectivity index (χ1v) is 6.27. The molecule has 3 heteroatoms. The summed E-state index contributed by atoms with van der Waals surface area (Å²) in [5.41, 5.74) is 1.85. The van der Waals surface area contributed by atoms with Crippen LogP contribution in [0.25, 0.3) is 11.0 Å². The van der Waals surface area contributed by atoms with Crippen molar-refractivity contribution in [2.45, 2.75) is 25.9 Å². The van der Waals surface area contributed by atoms with Gasteiger partial charge in [-0.05, 0) is 37.3 Å². The van der Waals surface area contributed by atoms with E-state index in [0.29, 0.717) is 11.7 Å². The molecule has 0 aliphatic heterocycles. The van der Waals surface area contributed by atoms with Gasteiger partial charge in [-0.3, -0.25) is 4.79 Å². The predicted octanol–water partition coefficient (Wildman–Crippen LogP) is 3.35. The number of hydrogen-bond acceptors (Lipinski definition) is 3. The number of rotatable bonds is 4. The van der Waals surface area contributed by atoms with Crippen LogP contribution in [0.15, 0.2) is 28.7 Å². The fraction of sp³-hybridized carbons (Fsp3) is 0.400. The first kappa shape index (κ1) is 11.5. The van der Waals surface area contributed by atoms with Gasteiger partial charge in [-0.1, -0.05) is 18.2 Å². The maximum absolute atomic E-state index is 12.3. The molecule has 0 amide bonds. The predicted molar refractivity (Wildman–Crippen MR) is 68.8 cm³/mol. The molecular weight excluding hydrogens is 228 g/mol.